The van der Waals surface area contributed by atoms with Crippen LogP contribution in [0.3, 0.4) is 0 Å². The first kappa shape index (κ1) is 8.20. The fraction of sp³-hybridized carbons (Fsp3) is 1.00. The summed E-state index contributed by atoms with van der Waals surface area (Å²) in [4.78, 5) is 0. The largest absolute Gasteiger partial charge is 0.396 e. The Morgan fingerprint density at radius 3 is 2.00 bits per heavy atom. The SMILES string of the molecule is FC(F)(F)C1(COS)CC1. The van der Waals surface area contributed by atoms with Crippen LogP contribution in [0, 0.1) is 5.41 Å². The Morgan fingerprint density at radius 1 is 1.40 bits per heavy atom. The summed E-state index contributed by atoms with van der Waals surface area (Å²) in [6.07, 6.45) is -3.76. The van der Waals surface area contributed by atoms with Crippen LogP contribution < -0.4 is 0 Å². The molecule has 1 rings (SSSR count). The second-order valence-corrected chi connectivity index (χ2v) is 2.81. The lowest BCUT2D eigenvalue weighted by atomic mass is 10.1. The highest BCUT2D eigenvalue weighted by molar-refractivity contribution is 7.75. The van der Waals surface area contributed by atoms with Crippen LogP contribution in [0.1, 0.15) is 12.8 Å². The lowest BCUT2D eigenvalue weighted by molar-refractivity contribution is -0.193. The first-order chi connectivity index (χ1) is 4.52. The minimum Gasteiger partial charge on any atom is -0.318 e. The van der Waals surface area contributed by atoms with Crippen molar-refractivity contribution in [2.45, 2.75) is 19.0 Å². The summed E-state index contributed by atoms with van der Waals surface area (Å²) >= 11 is 3.29. The smallest absolute Gasteiger partial charge is 0.318 e. The second kappa shape index (κ2) is 2.30. The molecular weight excluding hydrogens is 165 g/mol. The third-order valence-corrected chi connectivity index (χ3v) is 1.92. The summed E-state index contributed by atoms with van der Waals surface area (Å²) < 4.78 is 40.1. The van der Waals surface area contributed by atoms with Gasteiger partial charge in [0.05, 0.1) is 12.0 Å². The highest BCUT2D eigenvalue weighted by Gasteiger charge is 2.63. The van der Waals surface area contributed by atoms with Crippen LogP contribution in [0.25, 0.3) is 0 Å². The standard InChI is InChI=1S/C5H7F3OS/c6-5(7,8)4(1-2-4)3-9-10/h10H,1-3H2. The lowest BCUT2D eigenvalue weighted by Gasteiger charge is -2.16. The van der Waals surface area contributed by atoms with Crippen LogP contribution in [-0.2, 0) is 4.18 Å². The number of thiol groups is 1. The Labute approximate surface area is 62.2 Å². The fourth-order valence-corrected chi connectivity index (χ4v) is 1.03. The van der Waals surface area contributed by atoms with E-state index in [-0.39, 0.29) is 19.4 Å². The van der Waals surface area contributed by atoms with Crippen molar-refractivity contribution in [3.8, 4) is 0 Å². The number of alkyl halides is 3. The van der Waals surface area contributed by atoms with Crippen LogP contribution in [0.15, 0.2) is 0 Å². The van der Waals surface area contributed by atoms with E-state index in [4.69, 9.17) is 0 Å². The molecule has 0 aromatic rings. The van der Waals surface area contributed by atoms with Gasteiger partial charge in [-0.3, -0.25) is 0 Å². The van der Waals surface area contributed by atoms with Crippen molar-refractivity contribution in [2.75, 3.05) is 6.61 Å². The predicted octanol–water partition coefficient (Wildman–Crippen LogP) is 2.19. The summed E-state index contributed by atoms with van der Waals surface area (Å²) in [5.74, 6) is 0. The Hall–Kier alpha value is 0.100. The van der Waals surface area contributed by atoms with E-state index in [2.05, 4.69) is 17.1 Å². The van der Waals surface area contributed by atoms with Gasteiger partial charge in [0, 0.05) is 0 Å². The van der Waals surface area contributed by atoms with Crippen LogP contribution in [0.5, 0.6) is 0 Å². The minimum atomic E-state index is -4.12. The molecule has 1 aliphatic rings. The fourth-order valence-electron chi connectivity index (χ4n) is 0.784. The van der Waals surface area contributed by atoms with Crippen molar-refractivity contribution in [3.05, 3.63) is 0 Å². The van der Waals surface area contributed by atoms with Gasteiger partial charge in [0.2, 0.25) is 0 Å². The van der Waals surface area contributed by atoms with Gasteiger partial charge in [-0.1, -0.05) is 0 Å². The molecule has 60 valence electrons. The van der Waals surface area contributed by atoms with Gasteiger partial charge in [-0.25, -0.2) is 0 Å². The third-order valence-electron chi connectivity index (χ3n) is 1.80. The van der Waals surface area contributed by atoms with Crippen LogP contribution in [-0.4, -0.2) is 12.8 Å². The van der Waals surface area contributed by atoms with Crippen LogP contribution >= 0.6 is 12.9 Å². The Kier molecular flexibility index (Phi) is 1.89. The van der Waals surface area contributed by atoms with Gasteiger partial charge in [-0.15, -0.1) is 0 Å². The summed E-state index contributed by atoms with van der Waals surface area (Å²) in [6, 6.07) is 0. The molecule has 0 spiro atoms. The molecule has 0 aromatic carbocycles. The molecule has 5 heteroatoms. The van der Waals surface area contributed by atoms with E-state index in [1.807, 2.05) is 0 Å². The molecule has 0 heterocycles. The van der Waals surface area contributed by atoms with Crippen molar-refractivity contribution in [1.29, 1.82) is 0 Å². The average Bonchev–Trinajstić information content (AvgIpc) is 2.45. The zero-order valence-corrected chi connectivity index (χ0v) is 6.01. The van der Waals surface area contributed by atoms with E-state index in [1.54, 1.807) is 0 Å². The van der Waals surface area contributed by atoms with Crippen molar-refractivity contribution in [3.63, 3.8) is 0 Å². The molecule has 0 radical (unpaired) electrons. The molecule has 0 atom stereocenters. The maximum Gasteiger partial charge on any atom is 0.396 e. The summed E-state index contributed by atoms with van der Waals surface area (Å²) in [5.41, 5.74) is -1.56. The van der Waals surface area contributed by atoms with Crippen molar-refractivity contribution < 1.29 is 17.4 Å². The molecule has 1 aliphatic carbocycles. The number of halogens is 3. The van der Waals surface area contributed by atoms with Gasteiger partial charge in [-0.2, -0.15) is 13.2 Å². The van der Waals surface area contributed by atoms with Crippen LogP contribution in [0.2, 0.25) is 0 Å². The Balaban J connectivity index is 2.52. The van der Waals surface area contributed by atoms with Gasteiger partial charge < -0.3 is 4.18 Å². The van der Waals surface area contributed by atoms with E-state index in [9.17, 15) is 13.2 Å². The molecule has 0 aromatic heterocycles. The Morgan fingerprint density at radius 2 is 1.90 bits per heavy atom. The van der Waals surface area contributed by atoms with E-state index >= 15 is 0 Å². The third kappa shape index (κ3) is 1.25. The normalized spacial score (nSPS) is 22.8. The van der Waals surface area contributed by atoms with Crippen LogP contribution in [0.4, 0.5) is 13.2 Å². The molecule has 0 N–H and O–H groups in total. The monoisotopic (exact) mass is 172 g/mol. The van der Waals surface area contributed by atoms with E-state index < -0.39 is 11.6 Å². The summed E-state index contributed by atoms with van der Waals surface area (Å²) in [5, 5.41) is 0. The Bertz CT molecular complexity index is 129. The first-order valence-electron chi connectivity index (χ1n) is 2.85. The first-order valence-corrected chi connectivity index (χ1v) is 3.21. The maximum atomic E-state index is 12.0. The zero-order chi connectivity index (χ0) is 7.83. The zero-order valence-electron chi connectivity index (χ0n) is 5.11. The molecule has 0 unspecified atom stereocenters. The molecule has 1 saturated carbocycles. The number of rotatable bonds is 2. The molecule has 1 nitrogen and oxygen atoms in total. The molecule has 1 fully saturated rings. The van der Waals surface area contributed by atoms with Gasteiger partial charge in [0.25, 0.3) is 0 Å². The highest BCUT2D eigenvalue weighted by atomic mass is 32.1. The molecule has 0 aliphatic heterocycles. The molecule has 10 heavy (non-hydrogen) atoms. The molecular formula is C5H7F3OS. The average molecular weight is 172 g/mol. The second-order valence-electron chi connectivity index (χ2n) is 2.55. The topological polar surface area (TPSA) is 9.23 Å². The summed E-state index contributed by atoms with van der Waals surface area (Å²) in [7, 11) is 0. The summed E-state index contributed by atoms with van der Waals surface area (Å²) in [6.45, 7) is -0.320. The number of hydrogen-bond acceptors (Lipinski definition) is 2. The maximum absolute atomic E-state index is 12.0. The molecule has 0 bridgehead atoms. The highest BCUT2D eigenvalue weighted by Crippen LogP contribution is 2.57. The number of hydrogen-bond donors (Lipinski definition) is 1. The van der Waals surface area contributed by atoms with E-state index in [0.29, 0.717) is 0 Å². The van der Waals surface area contributed by atoms with Crippen molar-refractivity contribution in [1.82, 2.24) is 0 Å². The quantitative estimate of drug-likeness (QED) is 0.496. The van der Waals surface area contributed by atoms with E-state index in [0.717, 1.165) is 0 Å². The van der Waals surface area contributed by atoms with Gasteiger partial charge >= 0.3 is 6.18 Å². The molecule has 0 saturated heterocycles. The van der Waals surface area contributed by atoms with Crippen molar-refractivity contribution in [2.24, 2.45) is 5.41 Å². The van der Waals surface area contributed by atoms with Gasteiger partial charge in [0.15, 0.2) is 0 Å². The predicted molar refractivity (Wildman–Crippen MR) is 32.7 cm³/mol. The van der Waals surface area contributed by atoms with Crippen molar-refractivity contribution >= 4 is 12.9 Å². The van der Waals surface area contributed by atoms with Gasteiger partial charge in [-0.05, 0) is 25.8 Å². The lowest BCUT2D eigenvalue weighted by Crippen LogP contribution is -2.28. The van der Waals surface area contributed by atoms with E-state index in [1.165, 1.54) is 0 Å². The molecule has 0 amide bonds. The minimum absolute atomic E-state index is 0.178. The van der Waals surface area contributed by atoms with Gasteiger partial charge in [0.1, 0.15) is 0 Å².